The summed E-state index contributed by atoms with van der Waals surface area (Å²) in [6.07, 6.45) is 1.19. The topological polar surface area (TPSA) is 119 Å². The van der Waals surface area contributed by atoms with Gasteiger partial charge in [-0.15, -0.1) is 23.1 Å². The third-order valence-corrected chi connectivity index (χ3v) is 8.83. The Morgan fingerprint density at radius 3 is 2.38 bits per heavy atom. The van der Waals surface area contributed by atoms with Crippen molar-refractivity contribution in [1.82, 2.24) is 10.3 Å². The van der Waals surface area contributed by atoms with Crippen LogP contribution < -0.4 is 25.4 Å². The van der Waals surface area contributed by atoms with Crippen LogP contribution in [0.5, 0.6) is 11.5 Å². The molecule has 4 aromatic carbocycles. The fraction of sp³-hybridized carbons (Fsp3) is 0.0857. The van der Waals surface area contributed by atoms with Crippen LogP contribution in [0.2, 0.25) is 5.02 Å². The summed E-state index contributed by atoms with van der Waals surface area (Å²) in [7, 11) is 3.13. The number of carbonyl (C=O) groups is 3. The highest BCUT2D eigenvalue weighted by Crippen LogP contribution is 2.33. The summed E-state index contributed by atoms with van der Waals surface area (Å²) < 4.78 is 25.2. The summed E-state index contributed by atoms with van der Waals surface area (Å²) in [5.74, 6) is -0.814. The Hall–Kier alpha value is -5.17. The first-order valence-corrected chi connectivity index (χ1v) is 16.5. The highest BCUT2D eigenvalue weighted by atomic mass is 35.5. The SMILES string of the molecule is COc1ccc(-c2csc(NC(=O)CSc3ccc(NC(=O)/C(=C/c4c(F)cccc4Cl)NC(=O)c4ccccc4)cc3)n2)cc1OC. The number of halogens is 2. The van der Waals surface area contributed by atoms with Gasteiger partial charge in [0.2, 0.25) is 5.91 Å². The Morgan fingerprint density at radius 2 is 1.67 bits per heavy atom. The van der Waals surface area contributed by atoms with Crippen molar-refractivity contribution in [3.63, 3.8) is 0 Å². The Balaban J connectivity index is 1.20. The second-order valence-corrected chi connectivity index (χ2v) is 12.3. The molecule has 0 aliphatic rings. The monoisotopic (exact) mass is 702 g/mol. The van der Waals surface area contributed by atoms with E-state index in [9.17, 15) is 18.8 Å². The standard InChI is InChI=1S/C35H28ClFN4O5S2/c1-45-30-16-11-22(17-31(30)46-2)29-19-48-35(40-29)41-32(42)20-47-24-14-12-23(13-15-24)38-34(44)28(18-25-26(36)9-6-10-27(25)37)39-33(43)21-7-4-3-5-8-21/h3-19H,20H2,1-2H3,(H,38,44)(H,39,43)(H,40,41,42)/b28-18-. The molecule has 13 heteroatoms. The molecule has 1 heterocycles. The van der Waals surface area contributed by atoms with Crippen LogP contribution >= 0.6 is 34.7 Å². The van der Waals surface area contributed by atoms with E-state index in [1.165, 1.54) is 47.4 Å². The number of nitrogens with zero attached hydrogens (tertiary/aromatic N) is 1. The lowest BCUT2D eigenvalue weighted by Crippen LogP contribution is -2.30. The van der Waals surface area contributed by atoms with Crippen molar-refractivity contribution < 1.29 is 28.2 Å². The van der Waals surface area contributed by atoms with Gasteiger partial charge in [-0.25, -0.2) is 9.37 Å². The molecular weight excluding hydrogens is 675 g/mol. The van der Waals surface area contributed by atoms with Gasteiger partial charge in [-0.05, 0) is 72.8 Å². The molecule has 0 saturated heterocycles. The van der Waals surface area contributed by atoms with Crippen molar-refractivity contribution in [2.24, 2.45) is 0 Å². The van der Waals surface area contributed by atoms with Crippen molar-refractivity contribution in [2.75, 3.05) is 30.6 Å². The van der Waals surface area contributed by atoms with Crippen molar-refractivity contribution >= 4 is 69.3 Å². The number of thiazole rings is 1. The van der Waals surface area contributed by atoms with Crippen LogP contribution in [-0.2, 0) is 9.59 Å². The van der Waals surface area contributed by atoms with E-state index in [2.05, 4.69) is 20.9 Å². The van der Waals surface area contributed by atoms with Crippen LogP contribution in [0.25, 0.3) is 17.3 Å². The molecule has 0 aliphatic carbocycles. The third-order valence-electron chi connectivity index (χ3n) is 6.73. The molecule has 5 aromatic rings. The van der Waals surface area contributed by atoms with Gasteiger partial charge < -0.3 is 25.4 Å². The van der Waals surface area contributed by atoms with E-state index in [0.29, 0.717) is 33.6 Å². The molecule has 3 N–H and O–H groups in total. The third kappa shape index (κ3) is 8.79. The number of nitrogens with one attached hydrogen (secondary N) is 3. The zero-order chi connectivity index (χ0) is 34.0. The van der Waals surface area contributed by atoms with Crippen molar-refractivity contribution in [3.05, 3.63) is 124 Å². The molecule has 0 bridgehead atoms. The first-order valence-electron chi connectivity index (χ1n) is 14.3. The molecule has 244 valence electrons. The summed E-state index contributed by atoms with van der Waals surface area (Å²) in [5, 5.41) is 10.5. The Morgan fingerprint density at radius 1 is 0.917 bits per heavy atom. The predicted molar refractivity (Wildman–Crippen MR) is 188 cm³/mol. The molecule has 0 aliphatic heterocycles. The molecule has 0 spiro atoms. The fourth-order valence-electron chi connectivity index (χ4n) is 4.33. The van der Waals surface area contributed by atoms with Gasteiger partial charge in [0.15, 0.2) is 16.6 Å². The first kappa shape index (κ1) is 34.2. The van der Waals surface area contributed by atoms with Gasteiger partial charge in [-0.2, -0.15) is 0 Å². The zero-order valence-electron chi connectivity index (χ0n) is 25.6. The van der Waals surface area contributed by atoms with Crippen LogP contribution in [0.3, 0.4) is 0 Å². The van der Waals surface area contributed by atoms with Crippen molar-refractivity contribution in [1.29, 1.82) is 0 Å². The van der Waals surface area contributed by atoms with Crippen molar-refractivity contribution in [3.8, 4) is 22.8 Å². The average molecular weight is 703 g/mol. The highest BCUT2D eigenvalue weighted by Gasteiger charge is 2.17. The number of ether oxygens (including phenoxy) is 2. The zero-order valence-corrected chi connectivity index (χ0v) is 28.0. The quantitative estimate of drug-likeness (QED) is 0.0898. The van der Waals surface area contributed by atoms with Gasteiger partial charge in [0.05, 0.1) is 30.7 Å². The first-order chi connectivity index (χ1) is 23.2. The van der Waals surface area contributed by atoms with E-state index in [0.717, 1.165) is 10.5 Å². The summed E-state index contributed by atoms with van der Waals surface area (Å²) >= 11 is 8.79. The van der Waals surface area contributed by atoms with E-state index >= 15 is 0 Å². The number of thioether (sulfide) groups is 1. The van der Waals surface area contributed by atoms with Gasteiger partial charge in [0.25, 0.3) is 11.8 Å². The van der Waals surface area contributed by atoms with E-state index in [-0.39, 0.29) is 27.9 Å². The molecule has 0 unspecified atom stereocenters. The van der Waals surface area contributed by atoms with Gasteiger partial charge in [0.1, 0.15) is 11.5 Å². The number of benzene rings is 4. The average Bonchev–Trinajstić information content (AvgIpc) is 3.57. The van der Waals surface area contributed by atoms with E-state index in [1.54, 1.807) is 74.9 Å². The maximum absolute atomic E-state index is 14.6. The number of aromatic nitrogens is 1. The van der Waals surface area contributed by atoms with Gasteiger partial charge in [0, 0.05) is 32.7 Å². The highest BCUT2D eigenvalue weighted by molar-refractivity contribution is 8.00. The Bertz CT molecular complexity index is 1950. The molecule has 0 atom stereocenters. The van der Waals surface area contributed by atoms with E-state index in [4.69, 9.17) is 21.1 Å². The molecule has 5 rings (SSSR count). The van der Waals surface area contributed by atoms with Gasteiger partial charge in [-0.3, -0.25) is 14.4 Å². The molecule has 0 fully saturated rings. The predicted octanol–water partition coefficient (Wildman–Crippen LogP) is 7.76. The number of amides is 3. The number of carbonyl (C=O) groups excluding carboxylic acids is 3. The minimum Gasteiger partial charge on any atom is -0.493 e. The van der Waals surface area contributed by atoms with Gasteiger partial charge >= 0.3 is 0 Å². The lowest BCUT2D eigenvalue weighted by Gasteiger charge is -2.12. The van der Waals surface area contributed by atoms with Gasteiger partial charge in [-0.1, -0.05) is 35.9 Å². The second kappa shape index (κ2) is 16.1. The molecule has 3 amide bonds. The number of hydrogen-bond acceptors (Lipinski definition) is 8. The van der Waals surface area contributed by atoms with E-state index in [1.807, 2.05) is 17.5 Å². The number of methoxy groups -OCH3 is 2. The maximum atomic E-state index is 14.6. The normalized spacial score (nSPS) is 11.0. The molecule has 0 saturated carbocycles. The maximum Gasteiger partial charge on any atom is 0.272 e. The molecule has 9 nitrogen and oxygen atoms in total. The lowest BCUT2D eigenvalue weighted by molar-refractivity contribution is -0.114. The van der Waals surface area contributed by atoms with Crippen LogP contribution in [0.4, 0.5) is 15.2 Å². The van der Waals surface area contributed by atoms with Crippen molar-refractivity contribution in [2.45, 2.75) is 4.90 Å². The smallest absolute Gasteiger partial charge is 0.272 e. The lowest BCUT2D eigenvalue weighted by atomic mass is 10.1. The number of rotatable bonds is 12. The summed E-state index contributed by atoms with van der Waals surface area (Å²) in [4.78, 5) is 44.1. The molecular formula is C35H28ClFN4O5S2. The number of anilines is 2. The second-order valence-electron chi connectivity index (χ2n) is 9.94. The molecule has 1 aromatic heterocycles. The molecule has 0 radical (unpaired) electrons. The summed E-state index contributed by atoms with van der Waals surface area (Å²) in [6.45, 7) is 0. The fourth-order valence-corrected chi connectivity index (χ4v) is 5.98. The van der Waals surface area contributed by atoms with Crippen LogP contribution in [0.1, 0.15) is 15.9 Å². The molecule has 48 heavy (non-hydrogen) atoms. The minimum atomic E-state index is -0.686. The van der Waals surface area contributed by atoms with Crippen LogP contribution in [0, 0.1) is 5.82 Å². The van der Waals surface area contributed by atoms with E-state index < -0.39 is 17.6 Å². The van der Waals surface area contributed by atoms with Crippen LogP contribution in [0.15, 0.2) is 107 Å². The Kier molecular flexibility index (Phi) is 11.5. The Labute approximate surface area is 289 Å². The largest absolute Gasteiger partial charge is 0.493 e. The number of hydrogen-bond donors (Lipinski definition) is 3. The van der Waals surface area contributed by atoms with Crippen LogP contribution in [-0.4, -0.2) is 42.7 Å². The summed E-state index contributed by atoms with van der Waals surface area (Å²) in [6, 6.07) is 24.7. The minimum absolute atomic E-state index is 0.0439. The summed E-state index contributed by atoms with van der Waals surface area (Å²) in [5.41, 5.74) is 1.99.